The zero-order chi connectivity index (χ0) is 14.5. The molecule has 0 saturated carbocycles. The monoisotopic (exact) mass is 288 g/mol. The second-order valence-corrected chi connectivity index (χ2v) is 5.43. The first-order chi connectivity index (χ1) is 10.3. The van der Waals surface area contributed by atoms with Crippen LogP contribution >= 0.6 is 0 Å². The first-order valence-corrected chi connectivity index (χ1v) is 7.21. The molecule has 0 radical (unpaired) electrons. The molecule has 0 amide bonds. The summed E-state index contributed by atoms with van der Waals surface area (Å²) in [6.45, 7) is 2.90. The third-order valence-electron chi connectivity index (χ3n) is 3.67. The van der Waals surface area contributed by atoms with Crippen molar-refractivity contribution in [1.29, 1.82) is 0 Å². The molecule has 1 aliphatic heterocycles. The van der Waals surface area contributed by atoms with Gasteiger partial charge in [-0.1, -0.05) is 0 Å². The van der Waals surface area contributed by atoms with Crippen LogP contribution in [0.4, 0.5) is 0 Å². The third-order valence-corrected chi connectivity index (χ3v) is 3.67. The molecular formula is C14H20N6O. The predicted molar refractivity (Wildman–Crippen MR) is 78.6 cm³/mol. The van der Waals surface area contributed by atoms with Crippen molar-refractivity contribution < 1.29 is 5.11 Å². The highest BCUT2D eigenvalue weighted by atomic mass is 16.3. The van der Waals surface area contributed by atoms with Crippen molar-refractivity contribution in [3.63, 3.8) is 0 Å². The number of β-amino-alcohol motifs (C(OH)–C–C–N with tert-alkyl or cyclic N) is 1. The Labute approximate surface area is 123 Å². The van der Waals surface area contributed by atoms with E-state index in [4.69, 9.17) is 0 Å². The molecule has 0 spiro atoms. The fourth-order valence-corrected chi connectivity index (χ4v) is 2.44. The summed E-state index contributed by atoms with van der Waals surface area (Å²) >= 11 is 0. The van der Waals surface area contributed by atoms with Gasteiger partial charge in [-0.05, 0) is 25.1 Å². The summed E-state index contributed by atoms with van der Waals surface area (Å²) in [7, 11) is 0. The Kier molecular flexibility index (Phi) is 4.23. The molecule has 0 aromatic carbocycles. The van der Waals surface area contributed by atoms with E-state index in [0.717, 1.165) is 37.3 Å². The lowest BCUT2D eigenvalue weighted by Gasteiger charge is -2.21. The molecule has 0 aliphatic carbocycles. The first-order valence-electron chi connectivity index (χ1n) is 7.21. The van der Waals surface area contributed by atoms with E-state index >= 15 is 0 Å². The van der Waals surface area contributed by atoms with E-state index in [1.165, 1.54) is 0 Å². The van der Waals surface area contributed by atoms with Gasteiger partial charge in [-0.2, -0.15) is 5.10 Å². The molecule has 3 rings (SSSR count). The topological polar surface area (TPSA) is 98.8 Å². The van der Waals surface area contributed by atoms with Crippen molar-refractivity contribution in [1.82, 2.24) is 30.8 Å². The van der Waals surface area contributed by atoms with Gasteiger partial charge in [0.2, 0.25) is 0 Å². The molecule has 7 nitrogen and oxygen atoms in total. The van der Waals surface area contributed by atoms with Crippen molar-refractivity contribution in [2.75, 3.05) is 26.2 Å². The summed E-state index contributed by atoms with van der Waals surface area (Å²) in [6, 6.07) is 3.80. The van der Waals surface area contributed by atoms with Crippen molar-refractivity contribution in [3.8, 4) is 11.4 Å². The quantitative estimate of drug-likeness (QED) is 0.546. The molecule has 3 heterocycles. The molecule has 4 N–H and O–H groups in total. The van der Waals surface area contributed by atoms with Gasteiger partial charge in [0.05, 0.1) is 5.60 Å². The zero-order valence-corrected chi connectivity index (χ0v) is 11.8. The van der Waals surface area contributed by atoms with Gasteiger partial charge in [0, 0.05) is 44.0 Å². The minimum Gasteiger partial charge on any atom is -0.387 e. The Morgan fingerprint density at radius 1 is 1.43 bits per heavy atom. The maximum atomic E-state index is 10.2. The van der Waals surface area contributed by atoms with E-state index in [-0.39, 0.29) is 0 Å². The van der Waals surface area contributed by atoms with Gasteiger partial charge in [-0.3, -0.25) is 10.1 Å². The van der Waals surface area contributed by atoms with Crippen molar-refractivity contribution in [2.24, 2.45) is 0 Å². The van der Waals surface area contributed by atoms with Gasteiger partial charge in [-0.25, -0.2) is 4.98 Å². The minimum atomic E-state index is -0.609. The highest BCUT2D eigenvalue weighted by Gasteiger charge is 2.30. The maximum Gasteiger partial charge on any atom is 0.182 e. The number of aliphatic hydroxyl groups is 1. The molecule has 0 unspecified atom stereocenters. The van der Waals surface area contributed by atoms with Crippen LogP contribution < -0.4 is 10.6 Å². The van der Waals surface area contributed by atoms with E-state index in [2.05, 4.69) is 30.8 Å². The van der Waals surface area contributed by atoms with E-state index < -0.39 is 5.60 Å². The molecule has 1 saturated heterocycles. The lowest BCUT2D eigenvalue weighted by atomic mass is 10.0. The summed E-state index contributed by atoms with van der Waals surface area (Å²) in [6.07, 6.45) is 5.02. The van der Waals surface area contributed by atoms with E-state index in [1.807, 2.05) is 12.1 Å². The molecule has 112 valence electrons. The highest BCUT2D eigenvalue weighted by Crippen LogP contribution is 2.13. The first kappa shape index (κ1) is 14.1. The zero-order valence-electron chi connectivity index (χ0n) is 11.8. The highest BCUT2D eigenvalue weighted by molar-refractivity contribution is 5.52. The van der Waals surface area contributed by atoms with Crippen LogP contribution in [0.15, 0.2) is 24.5 Å². The SMILES string of the molecule is O[C@@]1(CNCCc2nc(-c3cccnc3)n[nH]2)CCNC1. The van der Waals surface area contributed by atoms with Gasteiger partial charge in [-0.15, -0.1) is 0 Å². The minimum absolute atomic E-state index is 0.601. The van der Waals surface area contributed by atoms with Crippen molar-refractivity contribution in [3.05, 3.63) is 30.4 Å². The Morgan fingerprint density at radius 3 is 3.14 bits per heavy atom. The molecular weight excluding hydrogens is 268 g/mol. The number of H-pyrrole nitrogens is 1. The summed E-state index contributed by atoms with van der Waals surface area (Å²) in [5, 5.41) is 23.7. The number of aromatic nitrogens is 4. The van der Waals surface area contributed by atoms with Gasteiger partial charge in [0.15, 0.2) is 5.82 Å². The Bertz CT molecular complexity index is 564. The van der Waals surface area contributed by atoms with Crippen LogP contribution in [-0.4, -0.2) is 57.1 Å². The standard InChI is InChI=1S/C14H20N6O/c21-14(4-7-17-10-14)9-16-6-3-12-18-13(20-19-12)11-2-1-5-15-8-11/h1-2,5,8,16-17,21H,3-4,6-7,9-10H2,(H,18,19,20)/t14-/m1/s1. The average Bonchev–Trinajstić information content (AvgIpc) is 3.14. The van der Waals surface area contributed by atoms with Crippen LogP contribution in [0.25, 0.3) is 11.4 Å². The Balaban J connectivity index is 1.47. The number of rotatable bonds is 6. The second-order valence-electron chi connectivity index (χ2n) is 5.43. The molecule has 2 aromatic heterocycles. The molecule has 2 aromatic rings. The van der Waals surface area contributed by atoms with E-state index in [9.17, 15) is 5.11 Å². The molecule has 1 aliphatic rings. The lowest BCUT2D eigenvalue weighted by Crippen LogP contribution is -2.42. The van der Waals surface area contributed by atoms with Gasteiger partial charge >= 0.3 is 0 Å². The molecule has 0 bridgehead atoms. The predicted octanol–water partition coefficient (Wildman–Crippen LogP) is -0.277. The second kappa shape index (κ2) is 6.30. The molecule has 7 heteroatoms. The molecule has 1 atom stereocenters. The van der Waals surface area contributed by atoms with Crippen LogP contribution in [0.2, 0.25) is 0 Å². The number of pyridine rings is 1. The normalized spacial score (nSPS) is 21.8. The third kappa shape index (κ3) is 3.63. The largest absolute Gasteiger partial charge is 0.387 e. The van der Waals surface area contributed by atoms with Gasteiger partial charge < -0.3 is 15.7 Å². The Morgan fingerprint density at radius 2 is 2.38 bits per heavy atom. The summed E-state index contributed by atoms with van der Waals surface area (Å²) < 4.78 is 0. The van der Waals surface area contributed by atoms with Crippen LogP contribution in [0, 0.1) is 0 Å². The fourth-order valence-electron chi connectivity index (χ4n) is 2.44. The summed E-state index contributed by atoms with van der Waals surface area (Å²) in [5.41, 5.74) is 0.293. The van der Waals surface area contributed by atoms with Crippen LogP contribution in [0.1, 0.15) is 12.2 Å². The maximum absolute atomic E-state index is 10.2. The molecule has 21 heavy (non-hydrogen) atoms. The van der Waals surface area contributed by atoms with Crippen molar-refractivity contribution in [2.45, 2.75) is 18.4 Å². The van der Waals surface area contributed by atoms with Crippen LogP contribution in [0.3, 0.4) is 0 Å². The number of nitrogens with zero attached hydrogens (tertiary/aromatic N) is 3. The average molecular weight is 288 g/mol. The lowest BCUT2D eigenvalue weighted by molar-refractivity contribution is 0.0614. The van der Waals surface area contributed by atoms with Gasteiger partial charge in [0.25, 0.3) is 0 Å². The van der Waals surface area contributed by atoms with E-state index in [0.29, 0.717) is 18.9 Å². The number of nitrogens with one attached hydrogen (secondary N) is 3. The summed E-state index contributed by atoms with van der Waals surface area (Å²) in [5.74, 6) is 1.50. The fraction of sp³-hybridized carbons (Fsp3) is 0.500. The smallest absolute Gasteiger partial charge is 0.182 e. The molecule has 1 fully saturated rings. The summed E-state index contributed by atoms with van der Waals surface area (Å²) in [4.78, 5) is 8.50. The number of hydrogen-bond donors (Lipinski definition) is 4. The van der Waals surface area contributed by atoms with Crippen molar-refractivity contribution >= 4 is 0 Å². The van der Waals surface area contributed by atoms with Crippen LogP contribution in [0.5, 0.6) is 0 Å². The number of hydrogen-bond acceptors (Lipinski definition) is 6. The number of aromatic amines is 1. The Hall–Kier alpha value is -1.83. The van der Waals surface area contributed by atoms with Gasteiger partial charge in [0.1, 0.15) is 5.82 Å². The van der Waals surface area contributed by atoms with Crippen LogP contribution in [-0.2, 0) is 6.42 Å². The van der Waals surface area contributed by atoms with E-state index in [1.54, 1.807) is 12.4 Å².